The Morgan fingerprint density at radius 1 is 0.747 bits per heavy atom. The Morgan fingerprint density at radius 2 is 1.42 bits per heavy atom. The molecular formula is C65H84F2N9O12PS2. The Morgan fingerprint density at radius 3 is 2.08 bits per heavy atom. The molecule has 0 saturated carbocycles. The number of carbonyl (C=O) groups excluding carboxylic acids is 8. The summed E-state index contributed by atoms with van der Waals surface area (Å²) in [5, 5.41) is 22.4. The summed E-state index contributed by atoms with van der Waals surface area (Å²) in [6, 6.07) is 17.1. The van der Waals surface area contributed by atoms with Crippen LogP contribution in [0.5, 0.6) is 0 Å². The van der Waals surface area contributed by atoms with E-state index in [0.717, 1.165) is 57.2 Å². The molecule has 492 valence electrons. The number of nitrogens with zero attached hydrogens (tertiary/aromatic N) is 5. The minimum Gasteiger partial charge on any atom is -0.391 e. The van der Waals surface area contributed by atoms with Crippen molar-refractivity contribution in [2.45, 2.75) is 161 Å². The molecule has 3 fully saturated rings. The summed E-state index contributed by atoms with van der Waals surface area (Å²) in [5.41, 5.74) is -1.44. The van der Waals surface area contributed by atoms with Crippen molar-refractivity contribution in [3.05, 3.63) is 112 Å². The molecular weight excluding hydrogens is 1230 g/mol. The minimum atomic E-state index is -5.88. The van der Waals surface area contributed by atoms with Crippen LogP contribution in [0.15, 0.2) is 84.4 Å². The number of hydrogen-bond donors (Lipinski definition) is 7. The smallest absolute Gasteiger partial charge is 0.391 e. The summed E-state index contributed by atoms with van der Waals surface area (Å²) in [7, 11) is -5.88. The number of halogens is 2. The normalized spacial score (nSPS) is 19.4. The molecule has 5 heterocycles. The second-order valence-electron chi connectivity index (χ2n) is 26.2. The molecule has 3 saturated heterocycles. The molecule has 0 aliphatic carbocycles. The van der Waals surface area contributed by atoms with Gasteiger partial charge in [-0.1, -0.05) is 115 Å². The molecule has 8 amide bonds. The molecule has 2 aromatic heterocycles. The second kappa shape index (κ2) is 29.3. The maximum absolute atomic E-state index is 15.0. The van der Waals surface area contributed by atoms with Crippen molar-refractivity contribution < 1.29 is 66.6 Å². The number of β-amino-alcohol motifs (C(OH)–C–C–N with tert-alkyl or cyclic N) is 1. The van der Waals surface area contributed by atoms with E-state index in [2.05, 4.69) is 26.3 Å². The molecule has 7 N–H and O–H groups in total. The van der Waals surface area contributed by atoms with Crippen LogP contribution < -0.4 is 21.3 Å². The number of unbranched alkanes of at least 4 members (excludes halogenated alkanes) is 3. The molecule has 3 aliphatic rings. The lowest BCUT2D eigenvalue weighted by molar-refractivity contribution is -0.155. The molecule has 7 atom stereocenters. The Hall–Kier alpha value is -7.02. The van der Waals surface area contributed by atoms with Crippen LogP contribution in [0, 0.1) is 17.8 Å². The van der Waals surface area contributed by atoms with Gasteiger partial charge in [0.05, 0.1) is 39.6 Å². The lowest BCUT2D eigenvalue weighted by Crippen LogP contribution is -2.66. The Balaban J connectivity index is 0.826. The van der Waals surface area contributed by atoms with E-state index in [1.165, 1.54) is 26.8 Å². The van der Waals surface area contributed by atoms with Gasteiger partial charge in [-0.25, -0.2) is 4.98 Å². The van der Waals surface area contributed by atoms with Gasteiger partial charge in [0.25, 0.3) is 5.91 Å². The molecule has 21 nitrogen and oxygen atoms in total. The third-order valence-corrected chi connectivity index (χ3v) is 20.3. The number of likely N-dealkylation sites (tertiary alicyclic amines) is 2. The van der Waals surface area contributed by atoms with Gasteiger partial charge >= 0.3 is 13.3 Å². The number of thiazole rings is 1. The highest BCUT2D eigenvalue weighted by atomic mass is 32.1. The van der Waals surface area contributed by atoms with Gasteiger partial charge in [-0.05, 0) is 90.6 Å². The average molecular weight is 1320 g/mol. The van der Waals surface area contributed by atoms with Crippen molar-refractivity contribution in [1.29, 1.82) is 0 Å². The standard InChI is InChI=1S/C65H84F2N9O12PS2/c1-39(41-21-23-43(24-22-41)55-40(2)69-38-90-55)70-58(81)48-33-47(77)36-76(48)62(85)56(63(3,4)5)71-52(78)20-14-9-10-15-27-68-53(79)34-54(80)73-29-30-75(49(37-73)60(83)74-28-16-19-44(35-74)42-17-12-11-13-18-42)61(84)57(64(6,7)8)72-59(82)51-32-45-31-46(25-26-50(45)91-51)65(66,67)89(86,87)88/h11-13,17-18,21-26,31-32,38-39,44,47-49,56-57,77H,9-10,14-16,19-20,27-30,33-37H2,1-8H3,(H,68,79)(H,70,81)(H,71,78)(H,72,82)(H2,86,87,88)/t39-,44-,47+,48-,49-,56+,57+/m0/s1. The first-order valence-electron chi connectivity index (χ1n) is 30.9. The number of thiophene rings is 1. The largest absolute Gasteiger partial charge is 0.399 e. The van der Waals surface area contributed by atoms with Crippen molar-refractivity contribution in [3.63, 3.8) is 0 Å². The number of carbonyl (C=O) groups is 8. The number of rotatable bonds is 22. The highest BCUT2D eigenvalue weighted by Crippen LogP contribution is 2.59. The van der Waals surface area contributed by atoms with E-state index in [9.17, 15) is 66.6 Å². The fourth-order valence-corrected chi connectivity index (χ4v) is 14.2. The van der Waals surface area contributed by atoms with E-state index in [4.69, 9.17) is 0 Å². The van der Waals surface area contributed by atoms with Gasteiger partial charge in [-0.3, -0.25) is 42.9 Å². The van der Waals surface area contributed by atoms with Crippen LogP contribution in [0.1, 0.15) is 150 Å². The fraction of sp³-hybridized carbons (Fsp3) is 0.523. The summed E-state index contributed by atoms with van der Waals surface area (Å²) >= 11 is 2.48. The number of aryl methyl sites for hydroxylation is 1. The molecule has 0 spiro atoms. The number of aliphatic hydroxyl groups excluding tert-OH is 1. The van der Waals surface area contributed by atoms with Crippen molar-refractivity contribution >= 4 is 87.6 Å². The van der Waals surface area contributed by atoms with E-state index < -0.39 is 114 Å². The first-order chi connectivity index (χ1) is 42.8. The molecule has 91 heavy (non-hydrogen) atoms. The Kier molecular flexibility index (Phi) is 22.5. The van der Waals surface area contributed by atoms with Gasteiger partial charge in [0.15, 0.2) is 0 Å². The van der Waals surface area contributed by atoms with Crippen molar-refractivity contribution in [3.8, 4) is 10.4 Å². The van der Waals surface area contributed by atoms with E-state index >= 15 is 0 Å². The summed E-state index contributed by atoms with van der Waals surface area (Å²) in [6.07, 6.45) is 2.47. The number of alkyl halides is 2. The first-order valence-corrected chi connectivity index (χ1v) is 34.2. The van der Waals surface area contributed by atoms with Crippen LogP contribution in [0.25, 0.3) is 20.5 Å². The third-order valence-electron chi connectivity index (χ3n) is 17.2. The minimum absolute atomic E-state index is 0.0118. The van der Waals surface area contributed by atoms with Gasteiger partial charge in [0.2, 0.25) is 41.4 Å². The highest BCUT2D eigenvalue weighted by Gasteiger charge is 2.51. The maximum atomic E-state index is 15.0. The first kappa shape index (κ1) is 69.9. The van der Waals surface area contributed by atoms with E-state index in [-0.39, 0.29) is 67.7 Å². The Labute approximate surface area is 537 Å². The van der Waals surface area contributed by atoms with Crippen LogP contribution in [-0.2, 0) is 43.8 Å². The van der Waals surface area contributed by atoms with Crippen molar-refractivity contribution in [1.82, 2.24) is 45.9 Å². The predicted octanol–water partition coefficient (Wildman–Crippen LogP) is 7.98. The molecule has 5 aromatic rings. The number of benzene rings is 3. The molecule has 0 bridgehead atoms. The molecule has 0 unspecified atom stereocenters. The van der Waals surface area contributed by atoms with Gasteiger partial charge in [-0.15, -0.1) is 22.7 Å². The summed E-state index contributed by atoms with van der Waals surface area (Å²) in [6.45, 7) is 15.0. The number of nitrogens with one attached hydrogen (secondary N) is 4. The lowest BCUT2D eigenvalue weighted by Gasteiger charge is -2.45. The molecule has 0 radical (unpaired) electrons. The van der Waals surface area contributed by atoms with E-state index in [1.807, 2.05) is 89.2 Å². The average Bonchev–Trinajstić information content (AvgIpc) is 1.97. The van der Waals surface area contributed by atoms with Gasteiger partial charge < -0.3 is 55.8 Å². The zero-order chi connectivity index (χ0) is 66.3. The summed E-state index contributed by atoms with van der Waals surface area (Å²) in [5.74, 6) is -4.02. The number of fused-ring (bicyclic) bond motifs is 1. The topological polar surface area (TPSA) is 288 Å². The highest BCUT2D eigenvalue weighted by molar-refractivity contribution is 7.52. The van der Waals surface area contributed by atoms with Crippen LogP contribution in [-0.4, -0.2) is 163 Å². The molecule has 3 aliphatic heterocycles. The van der Waals surface area contributed by atoms with Crippen LogP contribution in [0.3, 0.4) is 0 Å². The number of amides is 8. The number of hydrogen-bond acceptors (Lipinski definition) is 13. The van der Waals surface area contributed by atoms with Crippen LogP contribution in [0.2, 0.25) is 0 Å². The number of piperazine rings is 1. The number of piperidine rings is 1. The lowest BCUT2D eigenvalue weighted by atomic mass is 9.85. The van der Waals surface area contributed by atoms with Crippen LogP contribution >= 0.6 is 30.3 Å². The quantitative estimate of drug-likeness (QED) is 0.0197. The van der Waals surface area contributed by atoms with Gasteiger partial charge in [0, 0.05) is 68.3 Å². The third kappa shape index (κ3) is 17.2. The second-order valence-corrected chi connectivity index (χ2v) is 29.8. The summed E-state index contributed by atoms with van der Waals surface area (Å²) < 4.78 is 41.3. The monoisotopic (exact) mass is 1320 g/mol. The maximum Gasteiger partial charge on any atom is 0.399 e. The summed E-state index contributed by atoms with van der Waals surface area (Å²) in [4.78, 5) is 142. The predicted molar refractivity (Wildman–Crippen MR) is 343 cm³/mol. The van der Waals surface area contributed by atoms with Crippen LogP contribution in [0.4, 0.5) is 8.78 Å². The SMILES string of the molecule is Cc1ncsc1-c1ccc([C@H](C)NC(=O)[C@@H]2C[C@@H](O)CN2C(=O)[C@@H](NC(=O)CCCCCCNC(=O)CC(=O)N2CCN(C(=O)[C@@H](NC(=O)c3cc4cc(C(F)(F)P(=O)(O)O)ccc4s3)C(C)(C)C)[C@H](C(=O)N3CCC[C@H](c4ccccc4)C3)C2)C(C)(C)C)cc1. The zero-order valence-corrected chi connectivity index (χ0v) is 55.2. The molecule has 26 heteroatoms. The Bertz CT molecular complexity index is 3510. The number of aromatic nitrogens is 1. The molecule has 8 rings (SSSR count). The van der Waals surface area contributed by atoms with Gasteiger partial charge in [0.1, 0.15) is 30.6 Å². The molecule has 3 aromatic carbocycles. The fourth-order valence-electron chi connectivity index (χ4n) is 11.9. The van der Waals surface area contributed by atoms with E-state index in [1.54, 1.807) is 42.5 Å². The van der Waals surface area contributed by atoms with Crippen molar-refractivity contribution in [2.75, 3.05) is 45.8 Å². The number of aliphatic hydroxyl groups is 1. The van der Waals surface area contributed by atoms with E-state index in [0.29, 0.717) is 49.9 Å². The zero-order valence-electron chi connectivity index (χ0n) is 52.7. The van der Waals surface area contributed by atoms with Crippen molar-refractivity contribution in [2.24, 2.45) is 10.8 Å². The van der Waals surface area contributed by atoms with Gasteiger partial charge in [-0.2, -0.15) is 8.78 Å².